The van der Waals surface area contributed by atoms with Crippen LogP contribution in [0.1, 0.15) is 11.8 Å². The molecule has 0 aromatic carbocycles. The average Bonchev–Trinajstić information content (AvgIpc) is 2.27. The number of nitrogens with zero attached hydrogens (tertiary/aromatic N) is 2. The fraction of sp³-hybridized carbons (Fsp3) is 0.333. The number of hydrogen-bond donors (Lipinski definition) is 2. The van der Waals surface area contributed by atoms with Crippen LogP contribution < -0.4 is 4.74 Å². The van der Waals surface area contributed by atoms with Gasteiger partial charge in [-0.05, 0) is 6.07 Å². The van der Waals surface area contributed by atoms with Crippen molar-refractivity contribution >= 4 is 0 Å². The van der Waals surface area contributed by atoms with Gasteiger partial charge in [0, 0.05) is 6.07 Å². The van der Waals surface area contributed by atoms with Gasteiger partial charge in [0.15, 0.2) is 6.10 Å². The van der Waals surface area contributed by atoms with E-state index in [0.29, 0.717) is 5.88 Å². The Kier molecular flexibility index (Phi) is 3.40. The van der Waals surface area contributed by atoms with Crippen LogP contribution >= 0.6 is 0 Å². The molecule has 0 aliphatic heterocycles. The van der Waals surface area contributed by atoms with Gasteiger partial charge >= 0.3 is 0 Å². The number of hydrogen-bond acceptors (Lipinski definition) is 5. The summed E-state index contributed by atoms with van der Waals surface area (Å²) in [7, 11) is 1.44. The molecular formula is C9H10N2O3. The van der Waals surface area contributed by atoms with Crippen molar-refractivity contribution in [3.63, 3.8) is 0 Å². The van der Waals surface area contributed by atoms with Crippen LogP contribution in [0, 0.1) is 11.3 Å². The van der Waals surface area contributed by atoms with Crippen molar-refractivity contribution in [1.82, 2.24) is 4.98 Å². The Balaban J connectivity index is 2.90. The second kappa shape index (κ2) is 4.56. The molecule has 0 fully saturated rings. The molecule has 0 aliphatic rings. The highest BCUT2D eigenvalue weighted by Gasteiger charge is 2.19. The molecule has 1 heterocycles. The van der Waals surface area contributed by atoms with Crippen LogP contribution in [0.15, 0.2) is 18.2 Å². The van der Waals surface area contributed by atoms with E-state index in [1.807, 2.05) is 0 Å². The number of pyridine rings is 1. The largest absolute Gasteiger partial charge is 0.481 e. The van der Waals surface area contributed by atoms with Crippen LogP contribution in [-0.4, -0.2) is 28.4 Å². The van der Waals surface area contributed by atoms with Crippen LogP contribution in [0.3, 0.4) is 0 Å². The molecular weight excluding hydrogens is 184 g/mol. The Hall–Kier alpha value is -1.64. The number of aliphatic hydroxyl groups excluding tert-OH is 2. The number of nitriles is 1. The molecule has 14 heavy (non-hydrogen) atoms. The number of aromatic nitrogens is 1. The maximum atomic E-state index is 9.42. The van der Waals surface area contributed by atoms with E-state index in [4.69, 9.17) is 15.1 Å². The highest BCUT2D eigenvalue weighted by Crippen LogP contribution is 2.16. The topological polar surface area (TPSA) is 86.4 Å². The minimum Gasteiger partial charge on any atom is -0.481 e. The monoisotopic (exact) mass is 194 g/mol. The second-order valence-electron chi connectivity index (χ2n) is 2.62. The SMILES string of the molecule is COc1cccc(C(O)C(O)C#N)n1. The van der Waals surface area contributed by atoms with Gasteiger partial charge in [-0.3, -0.25) is 0 Å². The van der Waals surface area contributed by atoms with Gasteiger partial charge in [-0.1, -0.05) is 6.07 Å². The predicted octanol–water partition coefficient (Wildman–Crippen LogP) is 0.00808. The van der Waals surface area contributed by atoms with Crippen molar-refractivity contribution in [2.24, 2.45) is 0 Å². The summed E-state index contributed by atoms with van der Waals surface area (Å²) in [5, 5.41) is 26.8. The quantitative estimate of drug-likeness (QED) is 0.662. The van der Waals surface area contributed by atoms with E-state index >= 15 is 0 Å². The average molecular weight is 194 g/mol. The molecule has 0 saturated heterocycles. The second-order valence-corrected chi connectivity index (χ2v) is 2.62. The molecule has 1 aromatic heterocycles. The first-order chi connectivity index (χ1) is 6.69. The van der Waals surface area contributed by atoms with E-state index in [-0.39, 0.29) is 5.69 Å². The smallest absolute Gasteiger partial charge is 0.213 e. The fourth-order valence-corrected chi connectivity index (χ4v) is 0.942. The van der Waals surface area contributed by atoms with Crippen molar-refractivity contribution in [1.29, 1.82) is 5.26 Å². The van der Waals surface area contributed by atoms with Gasteiger partial charge < -0.3 is 14.9 Å². The zero-order chi connectivity index (χ0) is 10.6. The lowest BCUT2D eigenvalue weighted by Gasteiger charge is -2.11. The molecule has 0 saturated carbocycles. The molecule has 0 aliphatic carbocycles. The molecule has 2 N–H and O–H groups in total. The van der Waals surface area contributed by atoms with Gasteiger partial charge in [-0.15, -0.1) is 0 Å². The van der Waals surface area contributed by atoms with Gasteiger partial charge in [0.2, 0.25) is 5.88 Å². The normalized spacial score (nSPS) is 14.1. The van der Waals surface area contributed by atoms with E-state index in [1.54, 1.807) is 12.1 Å². The third-order valence-electron chi connectivity index (χ3n) is 1.69. The predicted molar refractivity (Wildman–Crippen MR) is 47.4 cm³/mol. The first-order valence-corrected chi connectivity index (χ1v) is 3.95. The number of ether oxygens (including phenoxy) is 1. The molecule has 5 nitrogen and oxygen atoms in total. The lowest BCUT2D eigenvalue weighted by atomic mass is 10.1. The van der Waals surface area contributed by atoms with Gasteiger partial charge in [0.05, 0.1) is 18.9 Å². The summed E-state index contributed by atoms with van der Waals surface area (Å²) < 4.78 is 4.83. The first kappa shape index (κ1) is 10.4. The number of methoxy groups -OCH3 is 1. The van der Waals surface area contributed by atoms with Crippen LogP contribution in [-0.2, 0) is 0 Å². The maximum Gasteiger partial charge on any atom is 0.213 e. The Morgan fingerprint density at radius 3 is 2.79 bits per heavy atom. The van der Waals surface area contributed by atoms with Gasteiger partial charge in [0.25, 0.3) is 0 Å². The third kappa shape index (κ3) is 2.19. The minimum atomic E-state index is -1.48. The van der Waals surface area contributed by atoms with Crippen LogP contribution in [0.5, 0.6) is 5.88 Å². The third-order valence-corrected chi connectivity index (χ3v) is 1.69. The minimum absolute atomic E-state index is 0.207. The van der Waals surface area contributed by atoms with E-state index in [1.165, 1.54) is 19.2 Å². The lowest BCUT2D eigenvalue weighted by Crippen LogP contribution is -2.17. The standard InChI is InChI=1S/C9H10N2O3/c1-14-8-4-2-3-6(11-8)9(13)7(12)5-10/h2-4,7,9,12-13H,1H3. The van der Waals surface area contributed by atoms with Crippen LogP contribution in [0.4, 0.5) is 0 Å². The van der Waals surface area contributed by atoms with E-state index in [0.717, 1.165) is 0 Å². The molecule has 0 amide bonds. The molecule has 0 spiro atoms. The molecule has 74 valence electrons. The summed E-state index contributed by atoms with van der Waals surface area (Å²) in [6.45, 7) is 0. The van der Waals surface area contributed by atoms with Gasteiger partial charge in [-0.25, -0.2) is 4.98 Å². The van der Waals surface area contributed by atoms with Gasteiger partial charge in [0.1, 0.15) is 6.10 Å². The Morgan fingerprint density at radius 1 is 1.50 bits per heavy atom. The first-order valence-electron chi connectivity index (χ1n) is 3.95. The van der Waals surface area contributed by atoms with E-state index in [9.17, 15) is 5.11 Å². The molecule has 1 rings (SSSR count). The van der Waals surface area contributed by atoms with Crippen LogP contribution in [0.2, 0.25) is 0 Å². The zero-order valence-corrected chi connectivity index (χ0v) is 7.58. The summed E-state index contributed by atoms with van der Waals surface area (Å²) in [5.41, 5.74) is 0.207. The number of rotatable bonds is 3. The molecule has 0 bridgehead atoms. The Bertz CT molecular complexity index is 348. The van der Waals surface area contributed by atoms with Crippen molar-refractivity contribution in [3.8, 4) is 11.9 Å². The summed E-state index contributed by atoms with van der Waals surface area (Å²) in [4.78, 5) is 3.88. The molecule has 0 radical (unpaired) electrons. The van der Waals surface area contributed by atoms with Crippen molar-refractivity contribution in [2.75, 3.05) is 7.11 Å². The Morgan fingerprint density at radius 2 is 2.21 bits per heavy atom. The van der Waals surface area contributed by atoms with E-state index < -0.39 is 12.2 Å². The van der Waals surface area contributed by atoms with Gasteiger partial charge in [-0.2, -0.15) is 5.26 Å². The molecule has 5 heteroatoms. The molecule has 2 unspecified atom stereocenters. The lowest BCUT2D eigenvalue weighted by molar-refractivity contribution is 0.0495. The number of aliphatic hydroxyl groups is 2. The molecule has 1 aromatic rings. The van der Waals surface area contributed by atoms with Crippen molar-refractivity contribution in [2.45, 2.75) is 12.2 Å². The summed E-state index contributed by atoms with van der Waals surface area (Å²) >= 11 is 0. The highest BCUT2D eigenvalue weighted by atomic mass is 16.5. The van der Waals surface area contributed by atoms with Crippen LogP contribution in [0.25, 0.3) is 0 Å². The summed E-state index contributed by atoms with van der Waals surface area (Å²) in [6.07, 6.45) is -2.79. The van der Waals surface area contributed by atoms with Crippen molar-refractivity contribution in [3.05, 3.63) is 23.9 Å². The van der Waals surface area contributed by atoms with E-state index in [2.05, 4.69) is 4.98 Å². The zero-order valence-electron chi connectivity index (χ0n) is 7.58. The van der Waals surface area contributed by atoms with Crippen molar-refractivity contribution < 1.29 is 14.9 Å². The fourth-order valence-electron chi connectivity index (χ4n) is 0.942. The summed E-state index contributed by atoms with van der Waals surface area (Å²) in [5.74, 6) is 0.326. The highest BCUT2D eigenvalue weighted by molar-refractivity contribution is 5.19. The maximum absolute atomic E-state index is 9.42. The summed E-state index contributed by atoms with van der Waals surface area (Å²) in [6, 6.07) is 6.26. The Labute approximate surface area is 81.2 Å². The molecule has 2 atom stereocenters.